The molecule has 1 atom stereocenters. The fraction of sp³-hybridized carbons (Fsp3) is 0.250. The third kappa shape index (κ3) is 4.76. The maximum absolute atomic E-state index is 11.7. The molecule has 3 aromatic carbocycles. The van der Waals surface area contributed by atoms with Crippen molar-refractivity contribution in [1.82, 2.24) is 0 Å². The fourth-order valence-electron chi connectivity index (χ4n) is 3.67. The van der Waals surface area contributed by atoms with E-state index in [-0.39, 0.29) is 25.7 Å². The zero-order valence-electron chi connectivity index (χ0n) is 18.8. The Kier molecular flexibility index (Phi) is 6.60. The Balaban J connectivity index is 1.53. The Morgan fingerprint density at radius 2 is 1.59 bits per heavy atom. The summed E-state index contributed by atoms with van der Waals surface area (Å²) in [6.07, 6.45) is -0.763. The number of methoxy groups -OCH3 is 1. The number of anilines is 2. The first kappa shape index (κ1) is 23.0. The van der Waals surface area contributed by atoms with E-state index >= 15 is 0 Å². The molecule has 4 N–H and O–H groups in total. The van der Waals surface area contributed by atoms with E-state index in [4.69, 9.17) is 35.2 Å². The summed E-state index contributed by atoms with van der Waals surface area (Å²) < 4.78 is 27.9. The smallest absolute Gasteiger partial charge is 0.279 e. The van der Waals surface area contributed by atoms with Crippen LogP contribution in [0.5, 0.6) is 23.0 Å². The molecule has 0 spiro atoms. The highest BCUT2D eigenvalue weighted by atomic mass is 16.7. The summed E-state index contributed by atoms with van der Waals surface area (Å²) in [6, 6.07) is 13.5. The molecular weight excluding hydrogens is 442 g/mol. The number of hydrogen-bond acceptors (Lipinski definition) is 9. The second-order valence-corrected chi connectivity index (χ2v) is 7.67. The zero-order chi connectivity index (χ0) is 24.2. The molecule has 10 heteroatoms. The maximum Gasteiger partial charge on any atom is 0.279 e. The van der Waals surface area contributed by atoms with Crippen molar-refractivity contribution in [3.8, 4) is 23.0 Å². The Morgan fingerprint density at radius 3 is 2.24 bits per heavy atom. The van der Waals surface area contributed by atoms with Crippen LogP contribution in [0.1, 0.15) is 22.8 Å². The van der Waals surface area contributed by atoms with Crippen molar-refractivity contribution < 1.29 is 28.6 Å². The standard InChI is InChI=1S/C24H25N3O7/c1-14-3-5-17(25)20(9-14)31-7-8-32-21-10-15(4-6-18(21)26)24(30-2)16-11-22-23(34-13-33-22)12-19(16)27(28)29/h3-6,9-12,24H,7-8,13,25-26H2,1-2H3. The quantitative estimate of drug-likeness (QED) is 0.207. The molecule has 0 amide bonds. The van der Waals surface area contributed by atoms with Crippen LogP contribution in [0.15, 0.2) is 48.5 Å². The van der Waals surface area contributed by atoms with Gasteiger partial charge in [0.2, 0.25) is 6.79 Å². The Labute approximate surface area is 196 Å². The average Bonchev–Trinajstić information content (AvgIpc) is 3.28. The minimum absolute atomic E-state index is 0.00369. The van der Waals surface area contributed by atoms with Crippen molar-refractivity contribution in [2.75, 3.05) is 38.6 Å². The fourth-order valence-corrected chi connectivity index (χ4v) is 3.67. The third-order valence-electron chi connectivity index (χ3n) is 5.34. The number of aryl methyl sites for hydroxylation is 1. The highest BCUT2D eigenvalue weighted by Gasteiger charge is 2.29. The van der Waals surface area contributed by atoms with Gasteiger partial charge in [0.25, 0.3) is 5.69 Å². The monoisotopic (exact) mass is 467 g/mol. The molecule has 178 valence electrons. The van der Waals surface area contributed by atoms with Crippen molar-refractivity contribution >= 4 is 17.1 Å². The first-order valence-corrected chi connectivity index (χ1v) is 10.5. The number of ether oxygens (including phenoxy) is 5. The molecule has 34 heavy (non-hydrogen) atoms. The van der Waals surface area contributed by atoms with Gasteiger partial charge in [0.05, 0.1) is 27.9 Å². The van der Waals surface area contributed by atoms with Crippen molar-refractivity contribution in [1.29, 1.82) is 0 Å². The van der Waals surface area contributed by atoms with Crippen LogP contribution in [0, 0.1) is 17.0 Å². The van der Waals surface area contributed by atoms with Gasteiger partial charge in [0, 0.05) is 7.11 Å². The van der Waals surface area contributed by atoms with Gasteiger partial charge in [-0.15, -0.1) is 0 Å². The summed E-state index contributed by atoms with van der Waals surface area (Å²) in [5.74, 6) is 1.73. The van der Waals surface area contributed by atoms with Gasteiger partial charge in [-0.3, -0.25) is 10.1 Å². The number of nitro groups is 1. The van der Waals surface area contributed by atoms with Crippen LogP contribution in [-0.4, -0.2) is 32.0 Å². The number of nitrogens with two attached hydrogens (primary N) is 2. The van der Waals surface area contributed by atoms with Gasteiger partial charge < -0.3 is 35.2 Å². The van der Waals surface area contributed by atoms with E-state index < -0.39 is 11.0 Å². The second-order valence-electron chi connectivity index (χ2n) is 7.67. The lowest BCUT2D eigenvalue weighted by atomic mass is 9.98. The van der Waals surface area contributed by atoms with Crippen LogP contribution in [0.2, 0.25) is 0 Å². The highest BCUT2D eigenvalue weighted by Crippen LogP contribution is 2.43. The molecular formula is C24H25N3O7. The van der Waals surface area contributed by atoms with E-state index in [2.05, 4.69) is 0 Å². The number of hydrogen-bond donors (Lipinski definition) is 2. The topological polar surface area (TPSA) is 141 Å². The summed E-state index contributed by atoms with van der Waals surface area (Å²) in [6.45, 7) is 2.41. The molecule has 10 nitrogen and oxygen atoms in total. The molecule has 0 fully saturated rings. The molecule has 3 aromatic rings. The van der Waals surface area contributed by atoms with E-state index in [1.54, 1.807) is 30.3 Å². The number of fused-ring (bicyclic) bond motifs is 1. The van der Waals surface area contributed by atoms with Crippen LogP contribution < -0.4 is 30.4 Å². The van der Waals surface area contributed by atoms with Crippen LogP contribution >= 0.6 is 0 Å². The number of nitrogens with zero attached hydrogens (tertiary/aromatic N) is 1. The Bertz CT molecular complexity index is 1220. The van der Waals surface area contributed by atoms with E-state index in [0.717, 1.165) is 5.56 Å². The van der Waals surface area contributed by atoms with Gasteiger partial charge in [-0.25, -0.2) is 0 Å². The normalized spacial score (nSPS) is 12.9. The second kappa shape index (κ2) is 9.75. The van der Waals surface area contributed by atoms with Crippen molar-refractivity contribution in [2.45, 2.75) is 13.0 Å². The van der Waals surface area contributed by atoms with Gasteiger partial charge in [-0.05, 0) is 48.4 Å². The summed E-state index contributed by atoms with van der Waals surface area (Å²) >= 11 is 0. The van der Waals surface area contributed by atoms with E-state index in [0.29, 0.717) is 45.5 Å². The van der Waals surface area contributed by atoms with Gasteiger partial charge in [0.15, 0.2) is 11.5 Å². The minimum atomic E-state index is -0.763. The Hall–Kier alpha value is -4.18. The predicted octanol–water partition coefficient (Wildman–Crippen LogP) is 3.99. The SMILES string of the molecule is COC(c1ccc(N)c(OCCOc2cc(C)ccc2N)c1)c1cc2c(cc1[N+](=O)[O-])OCO2. The number of benzene rings is 3. The molecule has 1 unspecified atom stereocenters. The van der Waals surface area contributed by atoms with Gasteiger partial charge in [-0.2, -0.15) is 0 Å². The first-order chi connectivity index (χ1) is 16.4. The molecule has 1 aliphatic rings. The molecule has 0 aromatic heterocycles. The predicted molar refractivity (Wildman–Crippen MR) is 126 cm³/mol. The van der Waals surface area contributed by atoms with E-state index in [1.165, 1.54) is 13.2 Å². The highest BCUT2D eigenvalue weighted by molar-refractivity contribution is 5.60. The van der Waals surface area contributed by atoms with Gasteiger partial charge in [-0.1, -0.05) is 12.1 Å². The van der Waals surface area contributed by atoms with Crippen molar-refractivity contribution in [2.24, 2.45) is 0 Å². The van der Waals surface area contributed by atoms with E-state index in [1.807, 2.05) is 19.1 Å². The molecule has 0 radical (unpaired) electrons. The number of nitrogen functional groups attached to an aromatic ring is 2. The molecule has 4 rings (SSSR count). The molecule has 1 aliphatic heterocycles. The lowest BCUT2D eigenvalue weighted by Crippen LogP contribution is -2.12. The first-order valence-electron chi connectivity index (χ1n) is 10.5. The van der Waals surface area contributed by atoms with Crippen molar-refractivity contribution in [3.63, 3.8) is 0 Å². The zero-order valence-corrected chi connectivity index (χ0v) is 18.8. The van der Waals surface area contributed by atoms with Crippen LogP contribution in [0.3, 0.4) is 0 Å². The van der Waals surface area contributed by atoms with E-state index in [9.17, 15) is 10.1 Å². The molecule has 0 saturated heterocycles. The lowest BCUT2D eigenvalue weighted by Gasteiger charge is -2.19. The summed E-state index contributed by atoms with van der Waals surface area (Å²) in [5.41, 5.74) is 14.8. The number of rotatable bonds is 9. The lowest BCUT2D eigenvalue weighted by molar-refractivity contribution is -0.386. The third-order valence-corrected chi connectivity index (χ3v) is 5.34. The minimum Gasteiger partial charge on any atom is -0.488 e. The largest absolute Gasteiger partial charge is 0.488 e. The van der Waals surface area contributed by atoms with Crippen LogP contribution in [0.4, 0.5) is 17.1 Å². The van der Waals surface area contributed by atoms with Crippen LogP contribution in [-0.2, 0) is 4.74 Å². The molecule has 0 bridgehead atoms. The van der Waals surface area contributed by atoms with Crippen LogP contribution in [0.25, 0.3) is 0 Å². The summed E-state index contributed by atoms with van der Waals surface area (Å²) in [4.78, 5) is 11.2. The molecule has 0 aliphatic carbocycles. The van der Waals surface area contributed by atoms with Gasteiger partial charge >= 0.3 is 0 Å². The maximum atomic E-state index is 11.7. The molecule has 0 saturated carbocycles. The number of nitro benzene ring substituents is 1. The Morgan fingerprint density at radius 1 is 0.971 bits per heavy atom. The average molecular weight is 467 g/mol. The van der Waals surface area contributed by atoms with Gasteiger partial charge in [0.1, 0.15) is 30.8 Å². The molecule has 1 heterocycles. The summed E-state index contributed by atoms with van der Waals surface area (Å²) in [7, 11) is 1.47. The summed E-state index contributed by atoms with van der Waals surface area (Å²) in [5, 5.41) is 11.7. The van der Waals surface area contributed by atoms with Crippen molar-refractivity contribution in [3.05, 3.63) is 75.3 Å².